The molecule has 1 aliphatic carbocycles. The van der Waals surface area contributed by atoms with Gasteiger partial charge in [-0.25, -0.2) is 0 Å². The molecule has 6 nitrogen and oxygen atoms in total. The number of nitrogens with one attached hydrogen (secondary N) is 1. The Hall–Kier alpha value is -2.26. The van der Waals surface area contributed by atoms with Gasteiger partial charge in [0.1, 0.15) is 17.2 Å². The van der Waals surface area contributed by atoms with Crippen molar-refractivity contribution in [2.24, 2.45) is 7.05 Å². The van der Waals surface area contributed by atoms with Crippen molar-refractivity contribution in [3.8, 4) is 11.8 Å². The van der Waals surface area contributed by atoms with Crippen LogP contribution in [-0.4, -0.2) is 33.9 Å². The third kappa shape index (κ3) is 2.69. The van der Waals surface area contributed by atoms with Crippen LogP contribution in [0.25, 0.3) is 0 Å². The minimum atomic E-state index is -0.946. The number of carbonyl (C=O) groups is 1. The Morgan fingerprint density at radius 2 is 2.25 bits per heavy atom. The summed E-state index contributed by atoms with van der Waals surface area (Å²) in [6, 6.07) is -0.249. The number of pyridine rings is 1. The topological polar surface area (TPSA) is 80.6 Å². The summed E-state index contributed by atoms with van der Waals surface area (Å²) in [5, 5.41) is 13.3. The Balaban J connectivity index is 2.11. The van der Waals surface area contributed by atoms with Crippen LogP contribution >= 0.6 is 0 Å². The van der Waals surface area contributed by atoms with E-state index in [0.717, 1.165) is 6.42 Å². The molecule has 1 fully saturated rings. The second-order valence-corrected chi connectivity index (χ2v) is 6.55. The lowest BCUT2D eigenvalue weighted by Crippen LogP contribution is -2.34. The second-order valence-electron chi connectivity index (χ2n) is 6.55. The zero-order valence-corrected chi connectivity index (χ0v) is 14.2. The Bertz CT molecular complexity index is 796. The highest BCUT2D eigenvalue weighted by Gasteiger charge is 2.40. The normalized spacial score (nSPS) is 23.3. The molecular weight excluding hydrogens is 308 g/mol. The van der Waals surface area contributed by atoms with Gasteiger partial charge in [-0.15, -0.1) is 0 Å². The van der Waals surface area contributed by atoms with E-state index in [2.05, 4.69) is 17.2 Å². The SMILES string of the molecule is CCOC(=O)C1c2c(C#CC3(O)CCC3)cn(C)c(=O)c2NC1C. The van der Waals surface area contributed by atoms with Gasteiger partial charge in [-0.3, -0.25) is 9.59 Å². The first-order chi connectivity index (χ1) is 11.4. The molecule has 0 bridgehead atoms. The summed E-state index contributed by atoms with van der Waals surface area (Å²) >= 11 is 0. The highest BCUT2D eigenvalue weighted by atomic mass is 16.5. The van der Waals surface area contributed by atoms with E-state index in [1.165, 1.54) is 4.57 Å². The van der Waals surface area contributed by atoms with Crippen LogP contribution < -0.4 is 10.9 Å². The monoisotopic (exact) mass is 330 g/mol. The van der Waals surface area contributed by atoms with Crippen molar-refractivity contribution in [1.82, 2.24) is 4.57 Å². The molecule has 1 saturated carbocycles. The number of hydrogen-bond acceptors (Lipinski definition) is 5. The lowest BCUT2D eigenvalue weighted by atomic mass is 9.80. The van der Waals surface area contributed by atoms with Crippen LogP contribution in [0, 0.1) is 11.8 Å². The Morgan fingerprint density at radius 3 is 2.83 bits per heavy atom. The van der Waals surface area contributed by atoms with Crippen LogP contribution in [0.4, 0.5) is 5.69 Å². The molecule has 0 spiro atoms. The molecule has 3 rings (SSSR count). The molecule has 0 aromatic carbocycles. The van der Waals surface area contributed by atoms with Crippen LogP contribution in [0.3, 0.4) is 0 Å². The van der Waals surface area contributed by atoms with Gasteiger partial charge >= 0.3 is 5.97 Å². The molecule has 2 aliphatic rings. The number of aliphatic hydroxyl groups is 1. The first-order valence-corrected chi connectivity index (χ1v) is 8.28. The van der Waals surface area contributed by atoms with E-state index >= 15 is 0 Å². The molecule has 0 saturated heterocycles. The van der Waals surface area contributed by atoms with Crippen LogP contribution in [0.2, 0.25) is 0 Å². The second kappa shape index (κ2) is 5.99. The highest BCUT2D eigenvalue weighted by Crippen LogP contribution is 2.37. The number of hydrogen-bond donors (Lipinski definition) is 2. The fraction of sp³-hybridized carbons (Fsp3) is 0.556. The molecule has 0 amide bonds. The van der Waals surface area contributed by atoms with Gasteiger partial charge in [0.25, 0.3) is 5.56 Å². The lowest BCUT2D eigenvalue weighted by Gasteiger charge is -2.30. The summed E-state index contributed by atoms with van der Waals surface area (Å²) in [6.45, 7) is 3.88. The van der Waals surface area contributed by atoms with Gasteiger partial charge in [0, 0.05) is 30.4 Å². The van der Waals surface area contributed by atoms with Gasteiger partial charge in [-0.2, -0.15) is 0 Å². The van der Waals surface area contributed by atoms with E-state index in [9.17, 15) is 14.7 Å². The Labute approximate surface area is 140 Å². The van der Waals surface area contributed by atoms with Gasteiger partial charge < -0.3 is 19.7 Å². The molecule has 1 aromatic heterocycles. The molecule has 6 heteroatoms. The van der Waals surface area contributed by atoms with Gasteiger partial charge in [0.05, 0.1) is 6.61 Å². The molecule has 24 heavy (non-hydrogen) atoms. The van der Waals surface area contributed by atoms with Gasteiger partial charge in [-0.1, -0.05) is 11.8 Å². The van der Waals surface area contributed by atoms with Gasteiger partial charge in [0.2, 0.25) is 0 Å². The highest BCUT2D eigenvalue weighted by molar-refractivity contribution is 5.86. The number of nitrogens with zero attached hydrogens (tertiary/aromatic N) is 1. The minimum absolute atomic E-state index is 0.198. The molecule has 128 valence electrons. The first kappa shape index (κ1) is 16.6. The number of aromatic nitrogens is 1. The summed E-state index contributed by atoms with van der Waals surface area (Å²) < 4.78 is 6.62. The molecule has 2 N–H and O–H groups in total. The third-order valence-electron chi connectivity index (χ3n) is 4.75. The summed E-state index contributed by atoms with van der Waals surface area (Å²) in [6.07, 6.45) is 3.90. The maximum Gasteiger partial charge on any atom is 0.315 e. The van der Waals surface area contributed by atoms with Crippen LogP contribution in [0.5, 0.6) is 0 Å². The summed E-state index contributed by atoms with van der Waals surface area (Å²) in [5.41, 5.74) is 0.423. The smallest absolute Gasteiger partial charge is 0.315 e. The van der Waals surface area contributed by atoms with E-state index in [1.807, 2.05) is 6.92 Å². The molecule has 2 heterocycles. The van der Waals surface area contributed by atoms with Crippen molar-refractivity contribution in [1.29, 1.82) is 0 Å². The Morgan fingerprint density at radius 1 is 1.54 bits per heavy atom. The van der Waals surface area contributed by atoms with Crippen LogP contribution in [-0.2, 0) is 16.6 Å². The van der Waals surface area contributed by atoms with E-state index in [0.29, 0.717) is 29.7 Å². The molecular formula is C18H22N2O4. The van der Waals surface area contributed by atoms with E-state index in [-0.39, 0.29) is 24.2 Å². The van der Waals surface area contributed by atoms with Crippen LogP contribution in [0.15, 0.2) is 11.0 Å². The minimum Gasteiger partial charge on any atom is -0.465 e. The van der Waals surface area contributed by atoms with Crippen molar-refractivity contribution in [3.05, 3.63) is 27.7 Å². The first-order valence-electron chi connectivity index (χ1n) is 8.28. The number of aryl methyl sites for hydroxylation is 1. The van der Waals surface area contributed by atoms with Crippen molar-refractivity contribution < 1.29 is 14.6 Å². The zero-order valence-electron chi connectivity index (χ0n) is 14.2. The average Bonchev–Trinajstić information content (AvgIpc) is 2.85. The van der Waals surface area contributed by atoms with Crippen molar-refractivity contribution in [2.75, 3.05) is 11.9 Å². The number of esters is 1. The van der Waals surface area contributed by atoms with Crippen LogP contribution in [0.1, 0.15) is 50.2 Å². The van der Waals surface area contributed by atoms with Gasteiger partial charge in [-0.05, 0) is 33.1 Å². The fourth-order valence-corrected chi connectivity index (χ4v) is 3.25. The molecule has 1 aliphatic heterocycles. The zero-order chi connectivity index (χ0) is 17.5. The van der Waals surface area contributed by atoms with Crippen molar-refractivity contribution in [2.45, 2.75) is 50.7 Å². The number of carbonyl (C=O) groups excluding carboxylic acids is 1. The summed E-state index contributed by atoms with van der Waals surface area (Å²) in [5.74, 6) is 4.96. The van der Waals surface area contributed by atoms with E-state index in [1.54, 1.807) is 20.2 Å². The van der Waals surface area contributed by atoms with E-state index in [4.69, 9.17) is 4.74 Å². The van der Waals surface area contributed by atoms with E-state index < -0.39 is 11.5 Å². The Kier molecular flexibility index (Phi) is 4.14. The maximum absolute atomic E-state index is 12.4. The number of anilines is 1. The standard InChI is InChI=1S/C18H22N2O4/c1-4-24-17(22)13-11(2)19-15-14(13)12(10-20(3)16(15)21)6-9-18(23)7-5-8-18/h10-11,13,19,23H,4-5,7-8H2,1-3H3. The molecule has 2 atom stereocenters. The number of rotatable bonds is 2. The van der Waals surface area contributed by atoms with Crippen molar-refractivity contribution in [3.63, 3.8) is 0 Å². The largest absolute Gasteiger partial charge is 0.465 e. The van der Waals surface area contributed by atoms with Gasteiger partial charge in [0.15, 0.2) is 0 Å². The number of fused-ring (bicyclic) bond motifs is 1. The fourth-order valence-electron chi connectivity index (χ4n) is 3.25. The average molecular weight is 330 g/mol. The molecule has 0 radical (unpaired) electrons. The third-order valence-corrected chi connectivity index (χ3v) is 4.75. The van der Waals surface area contributed by atoms with Crippen molar-refractivity contribution >= 4 is 11.7 Å². The predicted molar refractivity (Wildman–Crippen MR) is 89.8 cm³/mol. The molecule has 2 unspecified atom stereocenters. The maximum atomic E-state index is 12.4. The predicted octanol–water partition coefficient (Wildman–Crippen LogP) is 1.11. The quantitative estimate of drug-likeness (QED) is 0.627. The summed E-state index contributed by atoms with van der Waals surface area (Å²) in [7, 11) is 1.65. The number of ether oxygens (including phenoxy) is 1. The molecule has 1 aromatic rings. The lowest BCUT2D eigenvalue weighted by molar-refractivity contribution is -0.145. The summed E-state index contributed by atoms with van der Waals surface area (Å²) in [4.78, 5) is 24.8.